The van der Waals surface area contributed by atoms with Crippen LogP contribution in [-0.2, 0) is 0 Å². The quantitative estimate of drug-likeness (QED) is 0.527. The summed E-state index contributed by atoms with van der Waals surface area (Å²) in [5.74, 6) is -0.278. The van der Waals surface area contributed by atoms with Gasteiger partial charge in [-0.1, -0.05) is 6.07 Å². The molecule has 1 aromatic carbocycles. The Labute approximate surface area is 120 Å². The molecular weight excluding hydrogens is 265 g/mol. The molecule has 0 bridgehead atoms. The summed E-state index contributed by atoms with van der Waals surface area (Å²) in [5.41, 5.74) is 3.04. The fraction of sp³-hybridized carbons (Fsp3) is 0. The van der Waals surface area contributed by atoms with Gasteiger partial charge in [-0.2, -0.15) is 0 Å². The minimum absolute atomic E-state index is 0.278. The number of halogens is 1. The third-order valence-electron chi connectivity index (χ3n) is 3.48. The van der Waals surface area contributed by atoms with E-state index in [0.717, 1.165) is 22.2 Å². The molecule has 4 heteroatoms. The number of rotatable bonds is 1. The first-order chi connectivity index (χ1) is 10.3. The summed E-state index contributed by atoms with van der Waals surface area (Å²) in [6.07, 6.45) is 5.16. The van der Waals surface area contributed by atoms with Crippen molar-refractivity contribution in [2.75, 3.05) is 0 Å². The maximum atomic E-state index is 13.9. The van der Waals surface area contributed by atoms with Crippen molar-refractivity contribution in [2.24, 2.45) is 0 Å². The molecule has 0 aliphatic carbocycles. The average Bonchev–Trinajstić information content (AvgIpc) is 2.54. The minimum Gasteiger partial charge on any atom is -0.256 e. The molecular formula is C17H10FN3. The zero-order valence-electron chi connectivity index (χ0n) is 11.0. The van der Waals surface area contributed by atoms with E-state index >= 15 is 0 Å². The lowest BCUT2D eigenvalue weighted by Crippen LogP contribution is -1.90. The number of nitrogens with zero attached hydrogens (tertiary/aromatic N) is 3. The lowest BCUT2D eigenvalue weighted by atomic mass is 10.1. The van der Waals surface area contributed by atoms with Crippen LogP contribution in [0.15, 0.2) is 61.1 Å². The number of fused-ring (bicyclic) bond motifs is 2. The number of aromatic nitrogens is 3. The Balaban J connectivity index is 2.02. The zero-order chi connectivity index (χ0) is 14.2. The largest absolute Gasteiger partial charge is 0.256 e. The Hall–Kier alpha value is -2.88. The van der Waals surface area contributed by atoms with E-state index in [0.29, 0.717) is 10.9 Å². The highest BCUT2D eigenvalue weighted by Crippen LogP contribution is 2.27. The van der Waals surface area contributed by atoms with E-state index in [4.69, 9.17) is 0 Å². The Morgan fingerprint density at radius 2 is 1.67 bits per heavy atom. The first-order valence-electron chi connectivity index (χ1n) is 6.57. The summed E-state index contributed by atoms with van der Waals surface area (Å²) in [6.45, 7) is 0. The summed E-state index contributed by atoms with van der Waals surface area (Å²) in [7, 11) is 0. The van der Waals surface area contributed by atoms with Crippen LogP contribution < -0.4 is 0 Å². The van der Waals surface area contributed by atoms with Gasteiger partial charge in [-0.15, -0.1) is 0 Å². The Kier molecular flexibility index (Phi) is 2.60. The first kappa shape index (κ1) is 11.9. The lowest BCUT2D eigenvalue weighted by molar-refractivity contribution is 0.639. The SMILES string of the molecule is Fc1cccc2ncc(-c3nccc4ncccc34)cc12. The molecule has 0 aliphatic rings. The van der Waals surface area contributed by atoms with E-state index in [1.807, 2.05) is 18.2 Å². The van der Waals surface area contributed by atoms with Gasteiger partial charge in [-0.05, 0) is 36.4 Å². The standard InChI is InChI=1S/C17H10FN3/c18-14-4-1-5-15-13(14)9-11(10-21-15)17-12-3-2-7-19-16(12)6-8-20-17/h1-10H. The summed E-state index contributed by atoms with van der Waals surface area (Å²) < 4.78 is 13.9. The minimum atomic E-state index is -0.278. The molecule has 100 valence electrons. The Morgan fingerprint density at radius 1 is 0.762 bits per heavy atom. The van der Waals surface area contributed by atoms with Crippen LogP contribution in [-0.4, -0.2) is 15.0 Å². The lowest BCUT2D eigenvalue weighted by Gasteiger charge is -2.06. The van der Waals surface area contributed by atoms with Crippen molar-refractivity contribution in [3.05, 3.63) is 66.9 Å². The molecule has 0 radical (unpaired) electrons. The molecule has 3 aromatic heterocycles. The average molecular weight is 275 g/mol. The Morgan fingerprint density at radius 3 is 2.62 bits per heavy atom. The molecule has 3 nitrogen and oxygen atoms in total. The van der Waals surface area contributed by atoms with Crippen LogP contribution in [0.5, 0.6) is 0 Å². The van der Waals surface area contributed by atoms with E-state index < -0.39 is 0 Å². The maximum Gasteiger partial charge on any atom is 0.132 e. The van der Waals surface area contributed by atoms with Gasteiger partial charge in [0, 0.05) is 34.9 Å². The molecule has 21 heavy (non-hydrogen) atoms. The second-order valence-electron chi connectivity index (χ2n) is 4.76. The van der Waals surface area contributed by atoms with Crippen LogP contribution in [0.25, 0.3) is 33.1 Å². The molecule has 0 atom stereocenters. The number of benzene rings is 1. The van der Waals surface area contributed by atoms with Gasteiger partial charge in [-0.25, -0.2) is 4.39 Å². The van der Waals surface area contributed by atoms with Crippen LogP contribution in [0.3, 0.4) is 0 Å². The van der Waals surface area contributed by atoms with Crippen molar-refractivity contribution >= 4 is 21.8 Å². The predicted molar refractivity (Wildman–Crippen MR) is 80.2 cm³/mol. The van der Waals surface area contributed by atoms with E-state index in [-0.39, 0.29) is 5.82 Å². The molecule has 0 unspecified atom stereocenters. The van der Waals surface area contributed by atoms with Gasteiger partial charge in [0.2, 0.25) is 0 Å². The van der Waals surface area contributed by atoms with Gasteiger partial charge < -0.3 is 0 Å². The Bertz CT molecular complexity index is 961. The molecule has 0 fully saturated rings. The molecule has 4 rings (SSSR count). The second-order valence-corrected chi connectivity index (χ2v) is 4.76. The molecule has 0 amide bonds. The summed E-state index contributed by atoms with van der Waals surface area (Å²) in [4.78, 5) is 13.0. The second kappa shape index (κ2) is 4.59. The van der Waals surface area contributed by atoms with Crippen LogP contribution in [0.1, 0.15) is 0 Å². The zero-order valence-corrected chi connectivity index (χ0v) is 11.0. The summed E-state index contributed by atoms with van der Waals surface area (Å²) in [5, 5.41) is 1.43. The van der Waals surface area contributed by atoms with Gasteiger partial charge in [0.05, 0.1) is 16.7 Å². The summed E-state index contributed by atoms with van der Waals surface area (Å²) in [6, 6.07) is 12.3. The normalized spacial score (nSPS) is 11.1. The monoisotopic (exact) mass is 275 g/mol. The molecule has 4 aromatic rings. The fourth-order valence-electron chi connectivity index (χ4n) is 2.48. The van der Waals surface area contributed by atoms with Crippen LogP contribution in [0, 0.1) is 5.82 Å². The number of hydrogen-bond acceptors (Lipinski definition) is 3. The van der Waals surface area contributed by atoms with Gasteiger partial charge in [0.25, 0.3) is 0 Å². The van der Waals surface area contributed by atoms with Gasteiger partial charge in [0.15, 0.2) is 0 Å². The van der Waals surface area contributed by atoms with Crippen molar-refractivity contribution in [1.29, 1.82) is 0 Å². The van der Waals surface area contributed by atoms with E-state index in [2.05, 4.69) is 15.0 Å². The van der Waals surface area contributed by atoms with Gasteiger partial charge in [0.1, 0.15) is 5.82 Å². The van der Waals surface area contributed by atoms with Crippen molar-refractivity contribution in [2.45, 2.75) is 0 Å². The van der Waals surface area contributed by atoms with E-state index in [1.54, 1.807) is 36.8 Å². The molecule has 0 spiro atoms. The third kappa shape index (κ3) is 1.92. The predicted octanol–water partition coefficient (Wildman–Crippen LogP) is 3.98. The molecule has 3 heterocycles. The summed E-state index contributed by atoms with van der Waals surface area (Å²) >= 11 is 0. The van der Waals surface area contributed by atoms with Crippen molar-refractivity contribution < 1.29 is 4.39 Å². The third-order valence-corrected chi connectivity index (χ3v) is 3.48. The highest BCUT2D eigenvalue weighted by Gasteiger charge is 2.09. The highest BCUT2D eigenvalue weighted by molar-refractivity contribution is 5.94. The number of hydrogen-bond donors (Lipinski definition) is 0. The van der Waals surface area contributed by atoms with Crippen molar-refractivity contribution in [3.8, 4) is 11.3 Å². The number of pyridine rings is 3. The van der Waals surface area contributed by atoms with Crippen LogP contribution in [0.4, 0.5) is 4.39 Å². The topological polar surface area (TPSA) is 38.7 Å². The van der Waals surface area contributed by atoms with Crippen LogP contribution in [0.2, 0.25) is 0 Å². The fourth-order valence-corrected chi connectivity index (χ4v) is 2.48. The smallest absolute Gasteiger partial charge is 0.132 e. The van der Waals surface area contributed by atoms with Gasteiger partial charge >= 0.3 is 0 Å². The molecule has 0 aliphatic heterocycles. The van der Waals surface area contributed by atoms with Crippen LogP contribution >= 0.6 is 0 Å². The first-order valence-corrected chi connectivity index (χ1v) is 6.57. The van der Waals surface area contributed by atoms with Gasteiger partial charge in [-0.3, -0.25) is 15.0 Å². The highest BCUT2D eigenvalue weighted by atomic mass is 19.1. The molecule has 0 saturated heterocycles. The molecule has 0 saturated carbocycles. The van der Waals surface area contributed by atoms with E-state index in [1.165, 1.54) is 6.07 Å². The van der Waals surface area contributed by atoms with E-state index in [9.17, 15) is 4.39 Å². The molecule has 0 N–H and O–H groups in total. The van der Waals surface area contributed by atoms with Crippen molar-refractivity contribution in [3.63, 3.8) is 0 Å². The maximum absolute atomic E-state index is 13.9. The van der Waals surface area contributed by atoms with Crippen molar-refractivity contribution in [1.82, 2.24) is 15.0 Å².